The van der Waals surface area contributed by atoms with Crippen LogP contribution in [0.1, 0.15) is 24.0 Å². The maximum absolute atomic E-state index is 11.1. The van der Waals surface area contributed by atoms with Gasteiger partial charge in [0.05, 0.1) is 7.05 Å². The molecule has 0 saturated heterocycles. The highest BCUT2D eigenvalue weighted by atomic mass is 16.6. The summed E-state index contributed by atoms with van der Waals surface area (Å²) in [5.74, 6) is 5.59. The maximum Gasteiger partial charge on any atom is 0.358 e. The van der Waals surface area contributed by atoms with Gasteiger partial charge < -0.3 is 15.2 Å². The summed E-state index contributed by atoms with van der Waals surface area (Å²) in [5.41, 5.74) is -0.732. The summed E-state index contributed by atoms with van der Waals surface area (Å²) in [7, 11) is 1.56. The first kappa shape index (κ1) is 14.8. The molecule has 1 heterocycles. The zero-order valence-corrected chi connectivity index (χ0v) is 12.0. The highest BCUT2D eigenvalue weighted by Gasteiger charge is 2.23. The van der Waals surface area contributed by atoms with Gasteiger partial charge in [0.15, 0.2) is 5.82 Å². The lowest BCUT2D eigenvalue weighted by atomic mass is 9.97. The van der Waals surface area contributed by atoms with E-state index >= 15 is 0 Å². The number of hydrogen-bond acceptors (Lipinski definition) is 4. The second kappa shape index (κ2) is 5.38. The lowest BCUT2D eigenvalue weighted by Gasteiger charge is -2.16. The quantitative estimate of drug-likeness (QED) is 0.519. The van der Waals surface area contributed by atoms with Gasteiger partial charge >= 0.3 is 5.82 Å². The van der Waals surface area contributed by atoms with Crippen molar-refractivity contribution >= 4 is 5.82 Å². The largest absolute Gasteiger partial charge is 0.374 e. The average Bonchev–Trinajstić information content (AvgIpc) is 2.73. The fraction of sp³-hybridized carbons (Fsp3) is 0.267. The van der Waals surface area contributed by atoms with Crippen molar-refractivity contribution < 1.29 is 10.0 Å². The molecule has 0 fully saturated rings. The van der Waals surface area contributed by atoms with Crippen molar-refractivity contribution in [3.8, 4) is 11.8 Å². The Hall–Kier alpha value is -2.65. The van der Waals surface area contributed by atoms with Crippen LogP contribution >= 0.6 is 0 Å². The standard InChI is InChI=1S/C15H15N3O3/c1-11-16-13(14(17(11)3)18(20)21)9-10-15(2,19)12-7-5-4-6-8-12/h4-8,19H,1-3H3. The molecule has 1 aromatic carbocycles. The summed E-state index contributed by atoms with van der Waals surface area (Å²) in [6.45, 7) is 3.20. The van der Waals surface area contributed by atoms with Crippen LogP contribution in [0.5, 0.6) is 0 Å². The summed E-state index contributed by atoms with van der Waals surface area (Å²) < 4.78 is 1.36. The Bertz CT molecular complexity index is 737. The van der Waals surface area contributed by atoms with E-state index in [0.717, 1.165) is 0 Å². The molecule has 0 aliphatic carbocycles. The second-order valence-corrected chi connectivity index (χ2v) is 4.84. The molecular weight excluding hydrogens is 270 g/mol. The zero-order valence-electron chi connectivity index (χ0n) is 12.0. The molecular formula is C15H15N3O3. The number of aromatic nitrogens is 2. The lowest BCUT2D eigenvalue weighted by molar-refractivity contribution is -0.392. The number of nitrogens with zero attached hydrogens (tertiary/aromatic N) is 3. The van der Waals surface area contributed by atoms with Gasteiger partial charge in [-0.05, 0) is 23.3 Å². The van der Waals surface area contributed by atoms with Crippen LogP contribution in [0.2, 0.25) is 0 Å². The molecule has 2 rings (SSSR count). The predicted molar refractivity (Wildman–Crippen MR) is 77.5 cm³/mol. The molecule has 108 valence electrons. The number of nitro groups is 1. The van der Waals surface area contributed by atoms with E-state index in [9.17, 15) is 15.2 Å². The van der Waals surface area contributed by atoms with Crippen LogP contribution in [-0.2, 0) is 12.6 Å². The summed E-state index contributed by atoms with van der Waals surface area (Å²) in [5, 5.41) is 21.4. The third-order valence-corrected chi connectivity index (χ3v) is 3.22. The van der Waals surface area contributed by atoms with Gasteiger partial charge in [0.25, 0.3) is 0 Å². The van der Waals surface area contributed by atoms with Crippen molar-refractivity contribution in [1.82, 2.24) is 9.55 Å². The first-order valence-electron chi connectivity index (χ1n) is 6.31. The molecule has 0 saturated carbocycles. The number of aliphatic hydroxyl groups is 1. The molecule has 21 heavy (non-hydrogen) atoms. The van der Waals surface area contributed by atoms with Gasteiger partial charge in [-0.15, -0.1) is 0 Å². The third kappa shape index (κ3) is 2.93. The molecule has 0 amide bonds. The zero-order chi connectivity index (χ0) is 15.6. The van der Waals surface area contributed by atoms with Crippen LogP contribution < -0.4 is 0 Å². The number of hydrogen-bond donors (Lipinski definition) is 1. The summed E-state index contributed by atoms with van der Waals surface area (Å²) >= 11 is 0. The highest BCUT2D eigenvalue weighted by molar-refractivity contribution is 5.45. The molecule has 0 spiro atoms. The topological polar surface area (TPSA) is 81.2 Å². The van der Waals surface area contributed by atoms with Gasteiger partial charge in [0, 0.05) is 6.92 Å². The third-order valence-electron chi connectivity index (χ3n) is 3.22. The van der Waals surface area contributed by atoms with Gasteiger partial charge in [-0.1, -0.05) is 36.3 Å². The molecule has 6 nitrogen and oxygen atoms in total. The Morgan fingerprint density at radius 3 is 2.57 bits per heavy atom. The number of aryl methyl sites for hydroxylation is 1. The fourth-order valence-electron chi connectivity index (χ4n) is 1.91. The van der Waals surface area contributed by atoms with Gasteiger partial charge in [-0.2, -0.15) is 4.98 Å². The van der Waals surface area contributed by atoms with Gasteiger partial charge in [0.2, 0.25) is 5.69 Å². The Morgan fingerprint density at radius 1 is 1.38 bits per heavy atom. The molecule has 1 atom stereocenters. The van der Waals surface area contributed by atoms with Gasteiger partial charge in [0.1, 0.15) is 5.60 Å². The van der Waals surface area contributed by atoms with E-state index in [2.05, 4.69) is 16.8 Å². The fourth-order valence-corrected chi connectivity index (χ4v) is 1.91. The molecule has 1 aromatic heterocycles. The maximum atomic E-state index is 11.1. The van der Waals surface area contributed by atoms with Crippen LogP contribution in [0, 0.1) is 28.9 Å². The lowest BCUT2D eigenvalue weighted by Crippen LogP contribution is -2.18. The Balaban J connectivity index is 2.44. The summed E-state index contributed by atoms with van der Waals surface area (Å²) in [6, 6.07) is 8.90. The first-order valence-corrected chi connectivity index (χ1v) is 6.31. The Kier molecular flexibility index (Phi) is 3.78. The highest BCUT2D eigenvalue weighted by Crippen LogP contribution is 2.21. The van der Waals surface area contributed by atoms with Crippen LogP contribution in [0.3, 0.4) is 0 Å². The normalized spacial score (nSPS) is 13.1. The molecule has 0 aliphatic rings. The van der Waals surface area contributed by atoms with Crippen LogP contribution in [0.4, 0.5) is 5.82 Å². The van der Waals surface area contributed by atoms with E-state index in [0.29, 0.717) is 11.4 Å². The van der Waals surface area contributed by atoms with Crippen molar-refractivity contribution in [2.75, 3.05) is 0 Å². The molecule has 1 N–H and O–H groups in total. The molecule has 2 aromatic rings. The smallest absolute Gasteiger partial charge is 0.358 e. The van der Waals surface area contributed by atoms with Gasteiger partial charge in [-0.25, -0.2) is 4.57 Å². The number of benzene rings is 1. The predicted octanol–water partition coefficient (Wildman–Crippen LogP) is 1.90. The summed E-state index contributed by atoms with van der Waals surface area (Å²) in [4.78, 5) is 14.6. The minimum atomic E-state index is -1.40. The molecule has 0 radical (unpaired) electrons. The van der Waals surface area contributed by atoms with E-state index in [-0.39, 0.29) is 11.5 Å². The minimum absolute atomic E-state index is 0.0520. The van der Waals surface area contributed by atoms with Crippen LogP contribution in [-0.4, -0.2) is 19.6 Å². The number of rotatable bonds is 2. The van der Waals surface area contributed by atoms with E-state index < -0.39 is 10.5 Å². The van der Waals surface area contributed by atoms with Crippen molar-refractivity contribution in [3.05, 3.63) is 57.5 Å². The second-order valence-electron chi connectivity index (χ2n) is 4.84. The monoisotopic (exact) mass is 285 g/mol. The molecule has 1 unspecified atom stereocenters. The van der Waals surface area contributed by atoms with Crippen molar-refractivity contribution in [2.45, 2.75) is 19.4 Å². The molecule has 0 bridgehead atoms. The summed E-state index contributed by atoms with van der Waals surface area (Å²) in [6.07, 6.45) is 0. The Labute approximate surface area is 122 Å². The van der Waals surface area contributed by atoms with E-state index in [1.165, 1.54) is 11.5 Å². The van der Waals surface area contributed by atoms with Gasteiger partial charge in [-0.3, -0.25) is 0 Å². The van der Waals surface area contributed by atoms with Crippen molar-refractivity contribution in [1.29, 1.82) is 0 Å². The minimum Gasteiger partial charge on any atom is -0.374 e. The van der Waals surface area contributed by atoms with Crippen molar-refractivity contribution in [2.24, 2.45) is 7.05 Å². The van der Waals surface area contributed by atoms with Crippen LogP contribution in [0.25, 0.3) is 0 Å². The first-order chi connectivity index (χ1) is 9.83. The Morgan fingerprint density at radius 2 is 2.00 bits per heavy atom. The van der Waals surface area contributed by atoms with Crippen LogP contribution in [0.15, 0.2) is 30.3 Å². The molecule has 0 aliphatic heterocycles. The van der Waals surface area contributed by atoms with E-state index in [1.807, 2.05) is 6.07 Å². The molecule has 6 heteroatoms. The van der Waals surface area contributed by atoms with Crippen molar-refractivity contribution in [3.63, 3.8) is 0 Å². The average molecular weight is 285 g/mol. The number of imidazole rings is 1. The van der Waals surface area contributed by atoms with E-state index in [4.69, 9.17) is 0 Å². The SMILES string of the molecule is Cc1nc(C#CC(C)(O)c2ccccc2)c([N+](=O)[O-])n1C. The van der Waals surface area contributed by atoms with E-state index in [1.54, 1.807) is 38.2 Å².